The van der Waals surface area contributed by atoms with Gasteiger partial charge in [0.05, 0.1) is 19.3 Å². The summed E-state index contributed by atoms with van der Waals surface area (Å²) in [5, 5.41) is 11.3. The van der Waals surface area contributed by atoms with E-state index in [9.17, 15) is 9.90 Å². The summed E-state index contributed by atoms with van der Waals surface area (Å²) in [6.07, 6.45) is 0. The lowest BCUT2D eigenvalue weighted by Gasteiger charge is -2.21. The number of fused-ring (bicyclic) bond motifs is 1. The van der Waals surface area contributed by atoms with Gasteiger partial charge >= 0.3 is 0 Å². The summed E-state index contributed by atoms with van der Waals surface area (Å²) in [5.74, 6) is 0.709. The van der Waals surface area contributed by atoms with Crippen LogP contribution in [0, 0.1) is 0 Å². The van der Waals surface area contributed by atoms with Crippen LogP contribution in [0.3, 0.4) is 0 Å². The van der Waals surface area contributed by atoms with E-state index >= 15 is 0 Å². The molecule has 0 aromatic heterocycles. The summed E-state index contributed by atoms with van der Waals surface area (Å²) in [6, 6.07) is 9.32. The van der Waals surface area contributed by atoms with Gasteiger partial charge in [-0.15, -0.1) is 0 Å². The van der Waals surface area contributed by atoms with E-state index in [-0.39, 0.29) is 12.5 Å². The molecule has 0 atom stereocenters. The largest absolute Gasteiger partial charge is 0.497 e. The fraction of sp³-hybridized carbons (Fsp3) is 0.353. The summed E-state index contributed by atoms with van der Waals surface area (Å²) in [6.45, 7) is 5.05. The first-order valence-corrected chi connectivity index (χ1v) is 7.16. The molecule has 1 amide bonds. The Bertz CT molecular complexity index is 648. The zero-order valence-electron chi connectivity index (χ0n) is 12.7. The van der Waals surface area contributed by atoms with Gasteiger partial charge in [-0.2, -0.15) is 0 Å². The van der Waals surface area contributed by atoms with Crippen LogP contribution in [0.5, 0.6) is 5.75 Å². The zero-order chi connectivity index (χ0) is 15.4. The molecule has 0 spiro atoms. The van der Waals surface area contributed by atoms with Crippen molar-refractivity contribution in [1.82, 2.24) is 4.90 Å². The second-order valence-electron chi connectivity index (χ2n) is 4.82. The fourth-order valence-corrected chi connectivity index (χ4v) is 2.53. The first-order valence-electron chi connectivity index (χ1n) is 7.16. The Morgan fingerprint density at radius 1 is 1.19 bits per heavy atom. The Balaban J connectivity index is 2.66. The second-order valence-corrected chi connectivity index (χ2v) is 4.82. The van der Waals surface area contributed by atoms with E-state index in [0.29, 0.717) is 24.2 Å². The van der Waals surface area contributed by atoms with E-state index < -0.39 is 0 Å². The van der Waals surface area contributed by atoms with Crippen molar-refractivity contribution in [3.8, 4) is 5.75 Å². The quantitative estimate of drug-likeness (QED) is 0.920. The minimum atomic E-state index is -0.149. The number of amides is 1. The minimum Gasteiger partial charge on any atom is -0.497 e. The maximum atomic E-state index is 12.7. The summed E-state index contributed by atoms with van der Waals surface area (Å²) >= 11 is 0. The molecule has 1 N–H and O–H groups in total. The van der Waals surface area contributed by atoms with Crippen LogP contribution in [-0.2, 0) is 6.61 Å². The molecular formula is C17H21NO3. The van der Waals surface area contributed by atoms with E-state index in [1.807, 2.05) is 38.1 Å². The van der Waals surface area contributed by atoms with Crippen molar-refractivity contribution in [3.05, 3.63) is 41.5 Å². The van der Waals surface area contributed by atoms with E-state index in [0.717, 1.165) is 16.5 Å². The monoisotopic (exact) mass is 287 g/mol. The standard InChI is InChI=1S/C17H21NO3/c1-4-18(5-2)17(20)16-13(11-19)7-6-12-10-14(21-3)8-9-15(12)16/h6-10,19H,4-5,11H2,1-3H3. The van der Waals surface area contributed by atoms with Gasteiger partial charge in [0.1, 0.15) is 5.75 Å². The van der Waals surface area contributed by atoms with Crippen LogP contribution in [0.25, 0.3) is 10.8 Å². The molecule has 0 unspecified atom stereocenters. The molecule has 0 fully saturated rings. The summed E-state index contributed by atoms with van der Waals surface area (Å²) in [7, 11) is 1.62. The molecule has 0 heterocycles. The molecule has 0 bridgehead atoms. The van der Waals surface area contributed by atoms with E-state index in [1.54, 1.807) is 18.1 Å². The van der Waals surface area contributed by atoms with Crippen LogP contribution in [0.4, 0.5) is 0 Å². The lowest BCUT2D eigenvalue weighted by molar-refractivity contribution is 0.0771. The average molecular weight is 287 g/mol. The molecule has 0 saturated carbocycles. The number of hydrogen-bond acceptors (Lipinski definition) is 3. The van der Waals surface area contributed by atoms with Gasteiger partial charge in [0.25, 0.3) is 5.91 Å². The van der Waals surface area contributed by atoms with Crippen molar-refractivity contribution < 1.29 is 14.6 Å². The SMILES string of the molecule is CCN(CC)C(=O)c1c(CO)ccc2cc(OC)ccc12. The van der Waals surface area contributed by atoms with Crippen LogP contribution in [0.1, 0.15) is 29.8 Å². The molecule has 0 aliphatic heterocycles. The first-order chi connectivity index (χ1) is 10.2. The Hall–Kier alpha value is -2.07. The molecule has 112 valence electrons. The van der Waals surface area contributed by atoms with Crippen LogP contribution in [0.15, 0.2) is 30.3 Å². The maximum absolute atomic E-state index is 12.7. The number of ether oxygens (including phenoxy) is 1. The molecule has 4 nitrogen and oxygen atoms in total. The van der Waals surface area contributed by atoms with Gasteiger partial charge in [0.2, 0.25) is 0 Å². The number of carbonyl (C=O) groups excluding carboxylic acids is 1. The summed E-state index contributed by atoms with van der Waals surface area (Å²) in [5.41, 5.74) is 1.24. The third-order valence-corrected chi connectivity index (χ3v) is 3.75. The maximum Gasteiger partial charge on any atom is 0.254 e. The molecule has 2 aromatic carbocycles. The van der Waals surface area contributed by atoms with Crippen LogP contribution >= 0.6 is 0 Å². The van der Waals surface area contributed by atoms with Gasteiger partial charge in [-0.1, -0.05) is 12.1 Å². The average Bonchev–Trinajstić information content (AvgIpc) is 2.53. The molecule has 0 saturated heterocycles. The van der Waals surface area contributed by atoms with Gasteiger partial charge in [-0.05, 0) is 48.4 Å². The predicted octanol–water partition coefficient (Wildman–Crippen LogP) is 2.82. The molecule has 21 heavy (non-hydrogen) atoms. The van der Waals surface area contributed by atoms with Crippen LogP contribution in [-0.4, -0.2) is 36.1 Å². The van der Waals surface area contributed by atoms with E-state index in [4.69, 9.17) is 4.74 Å². The van der Waals surface area contributed by atoms with Crippen molar-refractivity contribution in [1.29, 1.82) is 0 Å². The molecule has 0 aliphatic rings. The van der Waals surface area contributed by atoms with Gasteiger partial charge in [0.15, 0.2) is 0 Å². The van der Waals surface area contributed by atoms with E-state index in [2.05, 4.69) is 0 Å². The van der Waals surface area contributed by atoms with Crippen molar-refractivity contribution in [2.75, 3.05) is 20.2 Å². The normalized spacial score (nSPS) is 10.7. The number of nitrogens with zero attached hydrogens (tertiary/aromatic N) is 1. The number of hydrogen-bond donors (Lipinski definition) is 1. The summed E-state index contributed by atoms with van der Waals surface area (Å²) in [4.78, 5) is 14.5. The minimum absolute atomic E-state index is 0.0418. The lowest BCUT2D eigenvalue weighted by Crippen LogP contribution is -2.31. The highest BCUT2D eigenvalue weighted by atomic mass is 16.5. The number of aliphatic hydroxyl groups excluding tert-OH is 1. The highest BCUT2D eigenvalue weighted by Crippen LogP contribution is 2.27. The van der Waals surface area contributed by atoms with Gasteiger partial charge in [0, 0.05) is 13.1 Å². The molecule has 2 rings (SSSR count). The van der Waals surface area contributed by atoms with Crippen molar-refractivity contribution in [2.24, 2.45) is 0 Å². The van der Waals surface area contributed by atoms with Gasteiger partial charge < -0.3 is 14.7 Å². The lowest BCUT2D eigenvalue weighted by atomic mass is 9.97. The molecular weight excluding hydrogens is 266 g/mol. The van der Waals surface area contributed by atoms with Crippen molar-refractivity contribution in [3.63, 3.8) is 0 Å². The number of aliphatic hydroxyl groups is 1. The Morgan fingerprint density at radius 2 is 1.90 bits per heavy atom. The van der Waals surface area contributed by atoms with Crippen LogP contribution < -0.4 is 4.74 Å². The number of benzene rings is 2. The van der Waals surface area contributed by atoms with E-state index in [1.165, 1.54) is 0 Å². The number of carbonyl (C=O) groups is 1. The fourth-order valence-electron chi connectivity index (χ4n) is 2.53. The Kier molecular flexibility index (Phi) is 4.81. The third-order valence-electron chi connectivity index (χ3n) is 3.75. The summed E-state index contributed by atoms with van der Waals surface area (Å²) < 4.78 is 5.22. The zero-order valence-corrected chi connectivity index (χ0v) is 12.7. The molecule has 0 aliphatic carbocycles. The van der Waals surface area contributed by atoms with Crippen molar-refractivity contribution in [2.45, 2.75) is 20.5 Å². The van der Waals surface area contributed by atoms with Crippen molar-refractivity contribution >= 4 is 16.7 Å². The second kappa shape index (κ2) is 6.59. The van der Waals surface area contributed by atoms with Gasteiger partial charge in [-0.3, -0.25) is 4.79 Å². The molecule has 2 aromatic rings. The first kappa shape index (κ1) is 15.3. The Labute approximate surface area is 124 Å². The highest BCUT2D eigenvalue weighted by molar-refractivity contribution is 6.08. The predicted molar refractivity (Wildman–Crippen MR) is 83.7 cm³/mol. The van der Waals surface area contributed by atoms with Crippen LogP contribution in [0.2, 0.25) is 0 Å². The Morgan fingerprint density at radius 3 is 2.48 bits per heavy atom. The van der Waals surface area contributed by atoms with Gasteiger partial charge in [-0.25, -0.2) is 0 Å². The molecule has 0 radical (unpaired) electrons. The third kappa shape index (κ3) is 2.85. The molecule has 4 heteroatoms. The number of rotatable bonds is 5. The number of methoxy groups -OCH3 is 1. The topological polar surface area (TPSA) is 49.8 Å². The highest BCUT2D eigenvalue weighted by Gasteiger charge is 2.19. The smallest absolute Gasteiger partial charge is 0.254 e.